The van der Waals surface area contributed by atoms with Gasteiger partial charge < -0.3 is 14.9 Å². The molecule has 2 heterocycles. The molecule has 0 spiro atoms. The number of piperidine rings is 1. The fourth-order valence-corrected chi connectivity index (χ4v) is 7.51. The highest BCUT2D eigenvalue weighted by atomic mass is 32.2. The van der Waals surface area contributed by atoms with Crippen molar-refractivity contribution in [3.05, 3.63) is 65.5 Å². The van der Waals surface area contributed by atoms with Gasteiger partial charge in [0, 0.05) is 24.6 Å². The number of alkyl halides is 6. The lowest BCUT2D eigenvalue weighted by molar-refractivity contribution is -0.376. The zero-order chi connectivity index (χ0) is 29.7. The number of hydrogen-bond donors (Lipinski definition) is 1. The van der Waals surface area contributed by atoms with Gasteiger partial charge in [-0.2, -0.15) is 26.3 Å². The Morgan fingerprint density at radius 1 is 0.900 bits per heavy atom. The summed E-state index contributed by atoms with van der Waals surface area (Å²) in [7, 11) is -2.56. The monoisotopic (exact) mass is 596 g/mol. The Kier molecular flexibility index (Phi) is 7.78. The summed E-state index contributed by atoms with van der Waals surface area (Å²) >= 11 is 0. The fraction of sp³-hybridized carbons (Fsp3) is 0.500. The summed E-state index contributed by atoms with van der Waals surface area (Å²) < 4.78 is 120. The number of carbonyl (C=O) groups excluding carboxylic acids is 1. The van der Waals surface area contributed by atoms with Gasteiger partial charge in [-0.15, -0.1) is 0 Å². The molecule has 2 aliphatic heterocycles. The van der Waals surface area contributed by atoms with Crippen LogP contribution in [0.5, 0.6) is 0 Å². The molecule has 2 saturated heterocycles. The molecule has 0 saturated carbocycles. The third-order valence-corrected chi connectivity index (χ3v) is 10.4. The summed E-state index contributed by atoms with van der Waals surface area (Å²) in [5.41, 5.74) is -6.89. The average Bonchev–Trinajstić information content (AvgIpc) is 3.35. The minimum atomic E-state index is -6.12. The van der Waals surface area contributed by atoms with E-state index >= 15 is 0 Å². The number of nitrogens with zero attached hydrogens (tertiary/aromatic N) is 2. The largest absolute Gasteiger partial charge is 0.430 e. The predicted octanol–water partition coefficient (Wildman–Crippen LogP) is 4.38. The van der Waals surface area contributed by atoms with E-state index in [9.17, 15) is 49.1 Å². The molecule has 0 bridgehead atoms. The van der Waals surface area contributed by atoms with Crippen LogP contribution < -0.4 is 0 Å². The normalized spacial score (nSPS) is 22.1. The standard InChI is InChI=1S/C26H27F7N2O4S/c1-34-13-10-17(11-14-34)22(36)35-15-12-23(16-35,40(38,39)21-8-6-20(27)7-9-21)18-2-4-19(5-3-18)24(37,25(28,29)30)26(31,32)33/h2-9,17,37H,10-16H2,1H3/t23-/m0/s1. The Balaban J connectivity index is 1.78. The Hall–Kier alpha value is -2.71. The van der Waals surface area contributed by atoms with Crippen LogP contribution in [0.2, 0.25) is 0 Å². The second-order valence-electron chi connectivity index (χ2n) is 10.3. The zero-order valence-electron chi connectivity index (χ0n) is 21.3. The molecule has 2 aromatic carbocycles. The van der Waals surface area contributed by atoms with Gasteiger partial charge in [-0.1, -0.05) is 24.3 Å². The van der Waals surface area contributed by atoms with E-state index in [2.05, 4.69) is 0 Å². The molecule has 2 fully saturated rings. The van der Waals surface area contributed by atoms with Crippen molar-refractivity contribution >= 4 is 15.7 Å². The number of likely N-dealkylation sites (tertiary alicyclic amines) is 2. The molecular formula is C26H27F7N2O4S. The third-order valence-electron chi connectivity index (χ3n) is 7.90. The van der Waals surface area contributed by atoms with E-state index in [0.29, 0.717) is 38.1 Å². The summed E-state index contributed by atoms with van der Waals surface area (Å²) in [6.07, 6.45) is -11.3. The highest BCUT2D eigenvalue weighted by Crippen LogP contribution is 2.51. The molecule has 0 unspecified atom stereocenters. The lowest BCUT2D eigenvalue weighted by atomic mass is 9.89. The number of benzene rings is 2. The molecule has 220 valence electrons. The molecule has 2 aromatic rings. The number of sulfone groups is 1. The molecule has 1 N–H and O–H groups in total. The van der Waals surface area contributed by atoms with Crippen molar-refractivity contribution < 1.29 is 49.1 Å². The molecule has 0 radical (unpaired) electrons. The van der Waals surface area contributed by atoms with E-state index in [0.717, 1.165) is 36.4 Å². The second kappa shape index (κ2) is 10.3. The molecule has 4 rings (SSSR count). The Morgan fingerprint density at radius 3 is 1.93 bits per heavy atom. The van der Waals surface area contributed by atoms with Crippen molar-refractivity contribution in [1.82, 2.24) is 9.80 Å². The Morgan fingerprint density at radius 2 is 1.43 bits per heavy atom. The number of rotatable bonds is 5. The van der Waals surface area contributed by atoms with E-state index in [1.807, 2.05) is 11.9 Å². The summed E-state index contributed by atoms with van der Waals surface area (Å²) in [5.74, 6) is -1.37. The minimum absolute atomic E-state index is 0.0254. The van der Waals surface area contributed by atoms with Gasteiger partial charge in [0.1, 0.15) is 10.6 Å². The summed E-state index contributed by atoms with van der Waals surface area (Å²) in [4.78, 5) is 16.4. The zero-order valence-corrected chi connectivity index (χ0v) is 22.1. The van der Waals surface area contributed by atoms with Gasteiger partial charge in [0.2, 0.25) is 5.91 Å². The predicted molar refractivity (Wildman–Crippen MR) is 129 cm³/mol. The maximum Gasteiger partial charge on any atom is 0.430 e. The van der Waals surface area contributed by atoms with Crippen LogP contribution in [-0.2, 0) is 25.0 Å². The van der Waals surface area contributed by atoms with E-state index < -0.39 is 50.5 Å². The topological polar surface area (TPSA) is 77.9 Å². The summed E-state index contributed by atoms with van der Waals surface area (Å²) in [6, 6.07) is 6.20. The van der Waals surface area contributed by atoms with Gasteiger partial charge >= 0.3 is 12.4 Å². The van der Waals surface area contributed by atoms with E-state index in [-0.39, 0.29) is 35.2 Å². The van der Waals surface area contributed by atoms with Crippen molar-refractivity contribution in [3.8, 4) is 0 Å². The van der Waals surface area contributed by atoms with Gasteiger partial charge in [0.25, 0.3) is 5.60 Å². The maximum absolute atomic E-state index is 14.0. The van der Waals surface area contributed by atoms with E-state index in [4.69, 9.17) is 0 Å². The number of aliphatic hydroxyl groups is 1. The number of amides is 1. The van der Waals surface area contributed by atoms with Crippen molar-refractivity contribution in [1.29, 1.82) is 0 Å². The first-order chi connectivity index (χ1) is 18.4. The second-order valence-corrected chi connectivity index (χ2v) is 12.6. The van der Waals surface area contributed by atoms with Gasteiger partial charge in [-0.05, 0) is 69.2 Å². The molecule has 14 heteroatoms. The lowest BCUT2D eigenvalue weighted by Gasteiger charge is -2.34. The molecule has 0 aliphatic carbocycles. The van der Waals surface area contributed by atoms with Crippen molar-refractivity contribution in [2.45, 2.75) is 46.9 Å². The first-order valence-electron chi connectivity index (χ1n) is 12.4. The minimum Gasteiger partial charge on any atom is -0.369 e. The van der Waals surface area contributed by atoms with Crippen molar-refractivity contribution in [2.75, 3.05) is 33.2 Å². The Bertz CT molecular complexity index is 1320. The molecular weight excluding hydrogens is 569 g/mol. The number of hydrogen-bond acceptors (Lipinski definition) is 5. The van der Waals surface area contributed by atoms with Crippen LogP contribution in [0.25, 0.3) is 0 Å². The van der Waals surface area contributed by atoms with E-state index in [1.54, 1.807) is 0 Å². The Labute approximate surface area is 226 Å². The molecule has 2 aliphatic rings. The van der Waals surface area contributed by atoms with E-state index in [1.165, 1.54) is 4.90 Å². The van der Waals surface area contributed by atoms with Crippen LogP contribution in [-0.4, -0.2) is 74.8 Å². The average molecular weight is 597 g/mol. The smallest absolute Gasteiger partial charge is 0.369 e. The fourth-order valence-electron chi connectivity index (χ4n) is 5.44. The van der Waals surface area contributed by atoms with Crippen LogP contribution in [0.4, 0.5) is 30.7 Å². The lowest BCUT2D eigenvalue weighted by Crippen LogP contribution is -2.54. The summed E-state index contributed by atoms with van der Waals surface area (Å²) in [6.45, 7) is 0.889. The molecule has 1 atom stereocenters. The number of halogens is 7. The molecule has 40 heavy (non-hydrogen) atoms. The molecule has 1 amide bonds. The maximum atomic E-state index is 14.0. The molecule has 0 aromatic heterocycles. The highest BCUT2D eigenvalue weighted by molar-refractivity contribution is 7.92. The summed E-state index contributed by atoms with van der Waals surface area (Å²) in [5, 5.41) is 9.76. The quantitative estimate of drug-likeness (QED) is 0.410. The first-order valence-corrected chi connectivity index (χ1v) is 13.9. The van der Waals surface area contributed by atoms with Crippen molar-refractivity contribution in [2.24, 2.45) is 5.92 Å². The van der Waals surface area contributed by atoms with Crippen LogP contribution in [0.3, 0.4) is 0 Å². The van der Waals surface area contributed by atoms with Gasteiger partial charge in [-0.25, -0.2) is 12.8 Å². The van der Waals surface area contributed by atoms with Crippen LogP contribution in [0.1, 0.15) is 30.4 Å². The SMILES string of the molecule is CN1CCC(C(=O)N2CC[C@](c3ccc(C(O)(C(F)(F)F)C(F)(F)F)cc3)(S(=O)(=O)c3ccc(F)cc3)C2)CC1. The highest BCUT2D eigenvalue weighted by Gasteiger charge is 2.71. The first kappa shape index (κ1) is 30.3. The van der Waals surface area contributed by atoms with Gasteiger partial charge in [-0.3, -0.25) is 4.79 Å². The van der Waals surface area contributed by atoms with Crippen LogP contribution in [0.15, 0.2) is 53.4 Å². The van der Waals surface area contributed by atoms with Crippen molar-refractivity contribution in [3.63, 3.8) is 0 Å². The van der Waals surface area contributed by atoms with Gasteiger partial charge in [0.05, 0.1) is 4.90 Å². The molecule has 6 nitrogen and oxygen atoms in total. The third kappa shape index (κ3) is 4.98. The van der Waals surface area contributed by atoms with Crippen LogP contribution >= 0.6 is 0 Å². The van der Waals surface area contributed by atoms with Gasteiger partial charge in [0.15, 0.2) is 9.84 Å². The number of carbonyl (C=O) groups is 1. The van der Waals surface area contributed by atoms with Crippen LogP contribution in [0, 0.1) is 11.7 Å².